The Kier molecular flexibility index (Phi) is 6.54. The number of aryl methyl sites for hydroxylation is 1. The van der Waals surface area contributed by atoms with Crippen LogP contribution < -0.4 is 10.6 Å². The Morgan fingerprint density at radius 2 is 1.75 bits per heavy atom. The van der Waals surface area contributed by atoms with Gasteiger partial charge in [0.05, 0.1) is 11.1 Å². The van der Waals surface area contributed by atoms with Crippen LogP contribution in [0.5, 0.6) is 0 Å². The van der Waals surface area contributed by atoms with Gasteiger partial charge in [0.25, 0.3) is 11.8 Å². The third-order valence-electron chi connectivity index (χ3n) is 7.99. The van der Waals surface area contributed by atoms with E-state index >= 15 is 0 Å². The van der Waals surface area contributed by atoms with Crippen molar-refractivity contribution in [3.63, 3.8) is 0 Å². The Hall–Kier alpha value is -5.64. The first-order valence-electron chi connectivity index (χ1n) is 14.2. The van der Waals surface area contributed by atoms with Crippen LogP contribution in [0.15, 0.2) is 89.5 Å². The second-order valence-corrected chi connectivity index (χ2v) is 10.9. The molecule has 0 aliphatic heterocycles. The molecule has 3 aromatic heterocycles. The molecule has 0 radical (unpaired) electrons. The van der Waals surface area contributed by atoms with Gasteiger partial charge in [-0.05, 0) is 97.1 Å². The molecule has 10 heteroatoms. The molecule has 3 heterocycles. The molecule has 9 nitrogen and oxygen atoms in total. The number of hydrogen-bond acceptors (Lipinski definition) is 6. The van der Waals surface area contributed by atoms with Gasteiger partial charge in [0, 0.05) is 29.8 Å². The van der Waals surface area contributed by atoms with E-state index in [-0.39, 0.29) is 17.6 Å². The molecule has 0 atom stereocenters. The second kappa shape index (κ2) is 10.6. The topological polar surface area (TPSA) is 126 Å². The minimum Gasteiger partial charge on any atom is -0.455 e. The monoisotopic (exact) mass is 586 g/mol. The molecule has 3 N–H and O–H groups in total. The number of carbonyl (C=O) groups is 2. The van der Waals surface area contributed by atoms with Gasteiger partial charge in [-0.1, -0.05) is 18.2 Å². The van der Waals surface area contributed by atoms with Crippen molar-refractivity contribution in [1.29, 1.82) is 0 Å². The van der Waals surface area contributed by atoms with E-state index in [9.17, 15) is 14.0 Å². The number of carbonyl (C=O) groups excluding carboxylic acids is 2. The van der Waals surface area contributed by atoms with E-state index < -0.39 is 5.54 Å². The summed E-state index contributed by atoms with van der Waals surface area (Å²) >= 11 is 0. The number of pyridine rings is 1. The Morgan fingerprint density at radius 1 is 0.955 bits per heavy atom. The minimum atomic E-state index is -0.614. The second-order valence-electron chi connectivity index (χ2n) is 10.9. The van der Waals surface area contributed by atoms with Gasteiger partial charge >= 0.3 is 0 Å². The van der Waals surface area contributed by atoms with Crippen LogP contribution in [0.2, 0.25) is 0 Å². The predicted octanol–water partition coefficient (Wildman–Crippen LogP) is 6.17. The Bertz CT molecular complexity index is 2050. The zero-order valence-corrected chi connectivity index (χ0v) is 23.9. The number of aromatic nitrogens is 4. The van der Waals surface area contributed by atoms with Crippen LogP contribution in [-0.4, -0.2) is 39.0 Å². The molecule has 1 saturated carbocycles. The molecule has 0 unspecified atom stereocenters. The number of rotatable bonds is 7. The highest BCUT2D eigenvalue weighted by atomic mass is 19.1. The number of amides is 2. The van der Waals surface area contributed by atoms with Crippen molar-refractivity contribution in [1.82, 2.24) is 30.8 Å². The molecule has 6 aromatic rings. The Morgan fingerprint density at radius 3 is 2.48 bits per heavy atom. The van der Waals surface area contributed by atoms with Crippen molar-refractivity contribution in [2.75, 3.05) is 7.05 Å². The number of hydrogen-bond donors (Lipinski definition) is 3. The maximum Gasteiger partial charge on any atom is 0.255 e. The molecule has 0 spiro atoms. The van der Waals surface area contributed by atoms with E-state index in [4.69, 9.17) is 4.42 Å². The fraction of sp³-hybridized carbons (Fsp3) is 0.147. The fourth-order valence-electron chi connectivity index (χ4n) is 5.42. The zero-order chi connectivity index (χ0) is 30.4. The molecular formula is C34H27FN6O3. The maximum atomic E-state index is 13.6. The number of H-pyrrole nitrogens is 1. The quantitative estimate of drug-likeness (QED) is 0.205. The molecule has 0 saturated heterocycles. The van der Waals surface area contributed by atoms with Crippen LogP contribution in [0.4, 0.5) is 4.39 Å². The van der Waals surface area contributed by atoms with Crippen LogP contribution in [-0.2, 0) is 5.54 Å². The highest BCUT2D eigenvalue weighted by molar-refractivity contribution is 6.12. The zero-order valence-electron chi connectivity index (χ0n) is 23.9. The first-order valence-corrected chi connectivity index (χ1v) is 14.2. The summed E-state index contributed by atoms with van der Waals surface area (Å²) < 4.78 is 19.7. The lowest BCUT2D eigenvalue weighted by atomic mass is 9.95. The third kappa shape index (κ3) is 4.80. The lowest BCUT2D eigenvalue weighted by molar-refractivity contribution is 0.0927. The van der Waals surface area contributed by atoms with Crippen LogP contribution in [0.1, 0.15) is 44.9 Å². The van der Waals surface area contributed by atoms with Crippen molar-refractivity contribution in [2.24, 2.45) is 0 Å². The standard InChI is InChI=1S/C34H27FN6O3/c1-19-6-7-22(31(42)39-34(14-15-34)33-38-30(40-41-33)26-5-3-4-16-37-26)18-24(19)21-10-13-27-25(17-21)28(32(43)36-2)29(44-27)20-8-11-23(35)12-9-20/h3-13,16-18H,14-15H2,1-2H3,(H,36,43)(H,39,42)(H,38,40,41). The number of halogens is 1. The molecule has 218 valence electrons. The minimum absolute atomic E-state index is 0.228. The van der Waals surface area contributed by atoms with Crippen LogP contribution >= 0.6 is 0 Å². The number of fused-ring (bicyclic) bond motifs is 1. The first kappa shape index (κ1) is 27.2. The summed E-state index contributed by atoms with van der Waals surface area (Å²) in [6.45, 7) is 1.97. The summed E-state index contributed by atoms with van der Waals surface area (Å²) in [5.41, 5.74) is 4.61. The van der Waals surface area contributed by atoms with E-state index in [1.807, 2.05) is 49.4 Å². The molecule has 1 fully saturated rings. The van der Waals surface area contributed by atoms with Gasteiger partial charge in [-0.2, -0.15) is 5.10 Å². The number of aromatic amines is 1. The van der Waals surface area contributed by atoms with Crippen molar-refractivity contribution in [2.45, 2.75) is 25.3 Å². The Balaban J connectivity index is 1.21. The molecular weight excluding hydrogens is 559 g/mol. The van der Waals surface area contributed by atoms with Crippen LogP contribution in [0.25, 0.3) is 44.9 Å². The average Bonchev–Trinajstić information content (AvgIpc) is 3.47. The maximum absolute atomic E-state index is 13.6. The fourth-order valence-corrected chi connectivity index (χ4v) is 5.42. The summed E-state index contributed by atoms with van der Waals surface area (Å²) in [6, 6.07) is 22.5. The van der Waals surface area contributed by atoms with Gasteiger partial charge < -0.3 is 15.1 Å². The average molecular weight is 587 g/mol. The van der Waals surface area contributed by atoms with E-state index in [0.29, 0.717) is 50.8 Å². The molecule has 1 aliphatic rings. The first-order chi connectivity index (χ1) is 21.3. The van der Waals surface area contributed by atoms with Gasteiger partial charge in [0.2, 0.25) is 0 Å². The van der Waals surface area contributed by atoms with E-state index in [1.165, 1.54) is 12.1 Å². The third-order valence-corrected chi connectivity index (χ3v) is 7.99. The van der Waals surface area contributed by atoms with E-state index in [1.54, 1.807) is 37.5 Å². The summed E-state index contributed by atoms with van der Waals surface area (Å²) in [7, 11) is 1.55. The van der Waals surface area contributed by atoms with E-state index in [2.05, 4.69) is 30.8 Å². The van der Waals surface area contributed by atoms with Gasteiger partial charge in [0.15, 0.2) is 11.6 Å². The normalized spacial score (nSPS) is 13.5. The summed E-state index contributed by atoms with van der Waals surface area (Å²) in [4.78, 5) is 35.5. The SMILES string of the molecule is CNC(=O)c1c(-c2ccc(F)cc2)oc2ccc(-c3cc(C(=O)NC4(c5nc(-c6ccccn6)n[nH]5)CC4)ccc3C)cc12. The Labute approximate surface area is 251 Å². The van der Waals surface area contributed by atoms with Crippen LogP contribution in [0.3, 0.4) is 0 Å². The molecule has 3 aromatic carbocycles. The number of nitrogens with one attached hydrogen (secondary N) is 3. The van der Waals surface area contributed by atoms with Gasteiger partial charge in [-0.15, -0.1) is 0 Å². The number of furan rings is 1. The molecule has 7 rings (SSSR count). The van der Waals surface area contributed by atoms with Gasteiger partial charge in [-0.3, -0.25) is 19.7 Å². The molecule has 44 heavy (non-hydrogen) atoms. The molecule has 1 aliphatic carbocycles. The largest absolute Gasteiger partial charge is 0.455 e. The molecule has 2 amide bonds. The lowest BCUT2D eigenvalue weighted by Gasteiger charge is -2.16. The van der Waals surface area contributed by atoms with E-state index in [0.717, 1.165) is 29.5 Å². The summed E-state index contributed by atoms with van der Waals surface area (Å²) in [6.07, 6.45) is 3.16. The van der Waals surface area contributed by atoms with Crippen LogP contribution in [0, 0.1) is 12.7 Å². The van der Waals surface area contributed by atoms with Gasteiger partial charge in [0.1, 0.15) is 22.9 Å². The van der Waals surface area contributed by atoms with Crippen molar-refractivity contribution < 1.29 is 18.4 Å². The van der Waals surface area contributed by atoms with Crippen molar-refractivity contribution in [3.8, 4) is 34.0 Å². The lowest BCUT2D eigenvalue weighted by Crippen LogP contribution is -2.35. The summed E-state index contributed by atoms with van der Waals surface area (Å²) in [5.74, 6) is 0.507. The van der Waals surface area contributed by atoms with Gasteiger partial charge in [-0.25, -0.2) is 9.37 Å². The highest BCUT2D eigenvalue weighted by Crippen LogP contribution is 2.44. The highest BCUT2D eigenvalue weighted by Gasteiger charge is 2.49. The van der Waals surface area contributed by atoms with Crippen molar-refractivity contribution in [3.05, 3.63) is 113 Å². The molecule has 0 bridgehead atoms. The smallest absolute Gasteiger partial charge is 0.255 e. The van der Waals surface area contributed by atoms with Crippen molar-refractivity contribution >= 4 is 22.8 Å². The summed E-state index contributed by atoms with van der Waals surface area (Å²) in [5, 5.41) is 13.8. The number of benzene rings is 3. The number of nitrogens with zero attached hydrogens (tertiary/aromatic N) is 3. The predicted molar refractivity (Wildman–Crippen MR) is 163 cm³/mol.